The lowest BCUT2D eigenvalue weighted by molar-refractivity contribution is 0.0782. The monoisotopic (exact) mass is 328 g/mol. The van der Waals surface area contributed by atoms with Gasteiger partial charge in [0, 0.05) is 0 Å². The Hall–Kier alpha value is -2.29. The normalized spacial score (nSPS) is 23.6. The molecular formula is C21H19F3. The van der Waals surface area contributed by atoms with Crippen molar-refractivity contribution < 1.29 is 13.2 Å². The minimum Gasteiger partial charge on any atom is -0.239 e. The quantitative estimate of drug-likeness (QED) is 0.605. The van der Waals surface area contributed by atoms with Gasteiger partial charge in [0.25, 0.3) is 0 Å². The third kappa shape index (κ3) is 2.91. The average Bonchev–Trinajstić information content (AvgIpc) is 2.61. The maximum atomic E-state index is 14.6. The Bertz CT molecular complexity index is 777. The SMILES string of the molecule is CCCC1(F)C(F)=CC(c2ccccc2-c2ccccc2)=CC1F. The number of rotatable bonds is 4. The van der Waals surface area contributed by atoms with Gasteiger partial charge in [0.2, 0.25) is 0 Å². The average molecular weight is 328 g/mol. The van der Waals surface area contributed by atoms with Gasteiger partial charge in [0.15, 0.2) is 11.8 Å². The molecule has 1 aliphatic rings. The second kappa shape index (κ2) is 6.68. The highest BCUT2D eigenvalue weighted by molar-refractivity contribution is 5.86. The topological polar surface area (TPSA) is 0 Å². The van der Waals surface area contributed by atoms with E-state index < -0.39 is 17.7 Å². The first-order valence-electron chi connectivity index (χ1n) is 8.13. The van der Waals surface area contributed by atoms with Gasteiger partial charge in [-0.3, -0.25) is 0 Å². The molecule has 0 radical (unpaired) electrons. The van der Waals surface area contributed by atoms with Crippen molar-refractivity contribution in [3.8, 4) is 11.1 Å². The molecule has 0 aromatic heterocycles. The van der Waals surface area contributed by atoms with Gasteiger partial charge < -0.3 is 0 Å². The zero-order chi connectivity index (χ0) is 17.2. The highest BCUT2D eigenvalue weighted by Crippen LogP contribution is 2.42. The van der Waals surface area contributed by atoms with E-state index in [1.54, 1.807) is 13.0 Å². The Kier molecular flexibility index (Phi) is 4.61. The van der Waals surface area contributed by atoms with Crippen molar-refractivity contribution in [3.05, 3.63) is 78.1 Å². The lowest BCUT2D eigenvalue weighted by Gasteiger charge is -2.29. The molecule has 3 heteroatoms. The molecule has 0 fully saturated rings. The minimum absolute atomic E-state index is 0.166. The molecule has 0 nitrogen and oxygen atoms in total. The molecule has 2 aromatic carbocycles. The van der Waals surface area contributed by atoms with Crippen molar-refractivity contribution >= 4 is 5.57 Å². The Labute approximate surface area is 140 Å². The lowest BCUT2D eigenvalue weighted by Crippen LogP contribution is -2.36. The number of halogens is 3. The fraction of sp³-hybridized carbons (Fsp3) is 0.238. The Balaban J connectivity index is 2.06. The summed E-state index contributed by atoms with van der Waals surface area (Å²) < 4.78 is 43.4. The molecule has 0 bridgehead atoms. The summed E-state index contributed by atoms with van der Waals surface area (Å²) in [7, 11) is 0. The number of allylic oxidation sites excluding steroid dienone is 4. The number of hydrogen-bond acceptors (Lipinski definition) is 0. The maximum absolute atomic E-state index is 14.6. The Morgan fingerprint density at radius 1 is 0.958 bits per heavy atom. The molecular weight excluding hydrogens is 309 g/mol. The van der Waals surface area contributed by atoms with Crippen molar-refractivity contribution in [2.75, 3.05) is 0 Å². The number of hydrogen-bond donors (Lipinski definition) is 0. The van der Waals surface area contributed by atoms with Crippen molar-refractivity contribution in [1.29, 1.82) is 0 Å². The third-order valence-electron chi connectivity index (χ3n) is 4.38. The molecule has 2 aromatic rings. The zero-order valence-corrected chi connectivity index (χ0v) is 13.5. The van der Waals surface area contributed by atoms with Crippen LogP contribution in [0.5, 0.6) is 0 Å². The van der Waals surface area contributed by atoms with Crippen LogP contribution in [0.3, 0.4) is 0 Å². The number of alkyl halides is 2. The van der Waals surface area contributed by atoms with E-state index in [1.165, 1.54) is 6.08 Å². The van der Waals surface area contributed by atoms with Gasteiger partial charge in [-0.25, -0.2) is 13.2 Å². The lowest BCUT2D eigenvalue weighted by atomic mass is 9.83. The van der Waals surface area contributed by atoms with Crippen molar-refractivity contribution in [1.82, 2.24) is 0 Å². The fourth-order valence-corrected chi connectivity index (χ4v) is 3.12. The zero-order valence-electron chi connectivity index (χ0n) is 13.5. The van der Waals surface area contributed by atoms with Gasteiger partial charge in [0.1, 0.15) is 5.83 Å². The summed E-state index contributed by atoms with van der Waals surface area (Å²) in [5.41, 5.74) is 0.343. The van der Waals surface area contributed by atoms with Crippen molar-refractivity contribution in [2.45, 2.75) is 31.6 Å². The van der Waals surface area contributed by atoms with Gasteiger partial charge in [0.05, 0.1) is 0 Å². The van der Waals surface area contributed by atoms with Gasteiger partial charge in [-0.1, -0.05) is 67.9 Å². The number of benzene rings is 2. The van der Waals surface area contributed by atoms with E-state index >= 15 is 0 Å². The van der Waals surface area contributed by atoms with E-state index in [4.69, 9.17) is 0 Å². The van der Waals surface area contributed by atoms with Crippen LogP contribution in [0.25, 0.3) is 16.7 Å². The smallest absolute Gasteiger partial charge is 0.196 e. The van der Waals surface area contributed by atoms with E-state index in [9.17, 15) is 13.2 Å². The molecule has 24 heavy (non-hydrogen) atoms. The molecule has 0 amide bonds. The van der Waals surface area contributed by atoms with Crippen molar-refractivity contribution in [3.63, 3.8) is 0 Å². The largest absolute Gasteiger partial charge is 0.239 e. The molecule has 0 heterocycles. The first kappa shape index (κ1) is 16.6. The van der Waals surface area contributed by atoms with Gasteiger partial charge in [-0.05, 0) is 40.8 Å². The van der Waals surface area contributed by atoms with E-state index in [1.807, 2.05) is 48.5 Å². The van der Waals surface area contributed by atoms with Gasteiger partial charge in [-0.15, -0.1) is 0 Å². The first-order valence-corrected chi connectivity index (χ1v) is 8.13. The standard InChI is InChI=1S/C21H19F3/c1-2-12-21(24)19(22)13-16(14-20(21)23)18-11-7-6-10-17(18)15-8-4-3-5-9-15/h3-11,13-14,19H,2,12H2,1H3. The molecule has 0 saturated carbocycles. The van der Waals surface area contributed by atoms with Gasteiger partial charge in [-0.2, -0.15) is 0 Å². The highest BCUT2D eigenvalue weighted by Gasteiger charge is 2.45. The summed E-state index contributed by atoms with van der Waals surface area (Å²) in [6.07, 6.45) is 0.553. The first-order chi connectivity index (χ1) is 11.6. The molecule has 2 atom stereocenters. The molecule has 2 unspecified atom stereocenters. The Morgan fingerprint density at radius 2 is 1.58 bits per heavy atom. The summed E-state index contributed by atoms with van der Waals surface area (Å²) in [6.45, 7) is 1.71. The Morgan fingerprint density at radius 3 is 2.21 bits per heavy atom. The van der Waals surface area contributed by atoms with Crippen LogP contribution >= 0.6 is 0 Å². The fourth-order valence-electron chi connectivity index (χ4n) is 3.12. The summed E-state index contributed by atoms with van der Waals surface area (Å²) in [6, 6.07) is 17.0. The third-order valence-corrected chi connectivity index (χ3v) is 4.38. The van der Waals surface area contributed by atoms with Crippen LogP contribution in [-0.4, -0.2) is 11.8 Å². The van der Waals surface area contributed by atoms with Crippen LogP contribution in [0, 0.1) is 0 Å². The molecule has 0 saturated heterocycles. The van der Waals surface area contributed by atoms with Crippen LogP contribution in [0.2, 0.25) is 0 Å². The second-order valence-corrected chi connectivity index (χ2v) is 6.04. The van der Waals surface area contributed by atoms with E-state index in [2.05, 4.69) is 0 Å². The van der Waals surface area contributed by atoms with Crippen LogP contribution in [0.4, 0.5) is 13.2 Å². The predicted molar refractivity (Wildman–Crippen MR) is 92.7 cm³/mol. The van der Waals surface area contributed by atoms with E-state index in [0.717, 1.165) is 17.2 Å². The summed E-state index contributed by atoms with van der Waals surface area (Å²) >= 11 is 0. The molecule has 0 aliphatic heterocycles. The minimum atomic E-state index is -2.54. The summed E-state index contributed by atoms with van der Waals surface area (Å²) in [5.74, 6) is -1.03. The van der Waals surface area contributed by atoms with Crippen LogP contribution in [-0.2, 0) is 0 Å². The van der Waals surface area contributed by atoms with Gasteiger partial charge >= 0.3 is 0 Å². The van der Waals surface area contributed by atoms with Crippen LogP contribution in [0.1, 0.15) is 25.3 Å². The highest BCUT2D eigenvalue weighted by atomic mass is 19.2. The molecule has 0 spiro atoms. The molecule has 124 valence electrons. The van der Waals surface area contributed by atoms with Crippen LogP contribution in [0.15, 0.2) is 72.6 Å². The summed E-state index contributed by atoms with van der Waals surface area (Å²) in [4.78, 5) is 0. The van der Waals surface area contributed by atoms with Crippen LogP contribution < -0.4 is 0 Å². The molecule has 3 rings (SSSR count). The van der Waals surface area contributed by atoms with E-state index in [0.29, 0.717) is 17.6 Å². The maximum Gasteiger partial charge on any atom is 0.196 e. The predicted octanol–water partition coefficient (Wildman–Crippen LogP) is 6.45. The van der Waals surface area contributed by atoms with E-state index in [-0.39, 0.29) is 6.42 Å². The summed E-state index contributed by atoms with van der Waals surface area (Å²) in [5, 5.41) is 0. The molecule has 1 aliphatic carbocycles. The van der Waals surface area contributed by atoms with Crippen molar-refractivity contribution in [2.24, 2.45) is 0 Å². The molecule has 0 N–H and O–H groups in total. The second-order valence-electron chi connectivity index (χ2n) is 6.04.